The molecule has 6 nitrogen and oxygen atoms in total. The highest BCUT2D eigenvalue weighted by molar-refractivity contribution is 7.91. The summed E-state index contributed by atoms with van der Waals surface area (Å²) in [6.45, 7) is 1.04. The number of hydrogen-bond acceptors (Lipinski definition) is 5. The first-order valence-electron chi connectivity index (χ1n) is 6.74. The maximum absolute atomic E-state index is 12.9. The first-order valence-corrected chi connectivity index (χ1v) is 8.94. The number of amides is 1. The van der Waals surface area contributed by atoms with E-state index >= 15 is 0 Å². The summed E-state index contributed by atoms with van der Waals surface area (Å²) in [4.78, 5) is 23.6. The summed E-state index contributed by atoms with van der Waals surface area (Å²) in [5.41, 5.74) is -0.925. The van der Waals surface area contributed by atoms with E-state index < -0.39 is 39.7 Å². The van der Waals surface area contributed by atoms with E-state index in [4.69, 9.17) is 16.3 Å². The molecule has 126 valence electrons. The zero-order chi connectivity index (χ0) is 17.3. The van der Waals surface area contributed by atoms with Crippen molar-refractivity contribution in [3.8, 4) is 0 Å². The minimum atomic E-state index is -3.16. The second-order valence-corrected chi connectivity index (χ2v) is 8.24. The molecule has 1 N–H and O–H groups in total. The van der Waals surface area contributed by atoms with Crippen molar-refractivity contribution in [2.24, 2.45) is 0 Å². The molecule has 9 heteroatoms. The number of carbonyl (C=O) groups excluding carboxylic acids is 2. The molecule has 0 saturated carbocycles. The molecule has 1 amide bonds. The van der Waals surface area contributed by atoms with Crippen molar-refractivity contribution in [2.45, 2.75) is 18.9 Å². The molecule has 1 aromatic rings. The van der Waals surface area contributed by atoms with E-state index in [9.17, 15) is 22.4 Å². The molecule has 0 aromatic heterocycles. The van der Waals surface area contributed by atoms with Crippen LogP contribution in [0.25, 0.3) is 0 Å². The third-order valence-corrected chi connectivity index (χ3v) is 5.65. The molecule has 0 aliphatic carbocycles. The van der Waals surface area contributed by atoms with Crippen LogP contribution in [-0.4, -0.2) is 43.9 Å². The van der Waals surface area contributed by atoms with E-state index in [0.29, 0.717) is 6.42 Å². The standard InChI is InChI=1S/C14H15ClFNO5S/c1-14(4-5-23(20,21)8-14)17-12(18)7-22-13(19)10-3-2-9(16)6-11(10)15/h2-3,6H,4-5,7-8H2,1H3,(H,17,18)/t14-/m1/s1. The third kappa shape index (κ3) is 4.65. The Labute approximate surface area is 137 Å². The van der Waals surface area contributed by atoms with E-state index in [2.05, 4.69) is 5.32 Å². The van der Waals surface area contributed by atoms with Crippen LogP contribution in [0.15, 0.2) is 18.2 Å². The molecule has 0 spiro atoms. The van der Waals surface area contributed by atoms with Crippen LogP contribution in [-0.2, 0) is 19.4 Å². The summed E-state index contributed by atoms with van der Waals surface area (Å²) in [6, 6.07) is 3.17. The van der Waals surface area contributed by atoms with Crippen molar-refractivity contribution in [3.05, 3.63) is 34.6 Å². The summed E-state index contributed by atoms with van der Waals surface area (Å²) in [7, 11) is -3.16. The number of carbonyl (C=O) groups is 2. The fraction of sp³-hybridized carbons (Fsp3) is 0.429. The van der Waals surface area contributed by atoms with Crippen molar-refractivity contribution in [2.75, 3.05) is 18.1 Å². The molecule has 0 radical (unpaired) electrons. The molecule has 1 heterocycles. The van der Waals surface area contributed by atoms with Crippen LogP contribution < -0.4 is 5.32 Å². The number of esters is 1. The van der Waals surface area contributed by atoms with Crippen LogP contribution >= 0.6 is 11.6 Å². The molecule has 1 aliphatic heterocycles. The van der Waals surface area contributed by atoms with Gasteiger partial charge in [-0.05, 0) is 31.5 Å². The smallest absolute Gasteiger partial charge is 0.340 e. The second-order valence-electron chi connectivity index (χ2n) is 5.65. The molecule has 23 heavy (non-hydrogen) atoms. The highest BCUT2D eigenvalue weighted by atomic mass is 35.5. The van der Waals surface area contributed by atoms with Gasteiger partial charge in [0.1, 0.15) is 5.82 Å². The summed E-state index contributed by atoms with van der Waals surface area (Å²) in [5.74, 6) is -2.22. The third-order valence-electron chi connectivity index (χ3n) is 3.43. The Morgan fingerprint density at radius 1 is 1.43 bits per heavy atom. The average molecular weight is 364 g/mol. The van der Waals surface area contributed by atoms with Gasteiger partial charge in [0.15, 0.2) is 16.4 Å². The maximum atomic E-state index is 12.9. The summed E-state index contributed by atoms with van der Waals surface area (Å²) in [5, 5.41) is 2.43. The highest BCUT2D eigenvalue weighted by Crippen LogP contribution is 2.22. The molecule has 1 atom stereocenters. The largest absolute Gasteiger partial charge is 0.452 e. The fourth-order valence-corrected chi connectivity index (χ4v) is 4.68. The Morgan fingerprint density at radius 2 is 2.13 bits per heavy atom. The van der Waals surface area contributed by atoms with E-state index in [1.807, 2.05) is 0 Å². The molecule has 0 bridgehead atoms. The molecule has 1 aromatic carbocycles. The molecule has 1 saturated heterocycles. The van der Waals surface area contributed by atoms with Gasteiger partial charge in [0.25, 0.3) is 5.91 Å². The maximum Gasteiger partial charge on any atom is 0.340 e. The van der Waals surface area contributed by atoms with Crippen LogP contribution in [0.5, 0.6) is 0 Å². The van der Waals surface area contributed by atoms with Crippen molar-refractivity contribution < 1.29 is 27.1 Å². The predicted molar refractivity (Wildman–Crippen MR) is 81.5 cm³/mol. The molecule has 1 aliphatic rings. The number of nitrogens with one attached hydrogen (secondary N) is 1. The zero-order valence-corrected chi connectivity index (χ0v) is 13.8. The van der Waals surface area contributed by atoms with E-state index in [1.165, 1.54) is 0 Å². The van der Waals surface area contributed by atoms with Crippen LogP contribution in [0.1, 0.15) is 23.7 Å². The molecular weight excluding hydrogens is 349 g/mol. The van der Waals surface area contributed by atoms with Gasteiger partial charge in [0, 0.05) is 0 Å². The van der Waals surface area contributed by atoms with E-state index in [0.717, 1.165) is 18.2 Å². The van der Waals surface area contributed by atoms with Crippen molar-refractivity contribution in [1.29, 1.82) is 0 Å². The van der Waals surface area contributed by atoms with Gasteiger partial charge >= 0.3 is 5.97 Å². The van der Waals surface area contributed by atoms with E-state index in [1.54, 1.807) is 6.92 Å². The Morgan fingerprint density at radius 3 is 2.70 bits per heavy atom. The lowest BCUT2D eigenvalue weighted by Gasteiger charge is -2.23. The molecule has 1 fully saturated rings. The monoisotopic (exact) mass is 363 g/mol. The first-order chi connectivity index (χ1) is 10.6. The van der Waals surface area contributed by atoms with Crippen LogP contribution in [0.2, 0.25) is 5.02 Å². The number of halogens is 2. The normalized spacial score (nSPS) is 22.6. The lowest BCUT2D eigenvalue weighted by molar-refractivity contribution is -0.125. The summed E-state index contributed by atoms with van der Waals surface area (Å²) < 4.78 is 40.6. The van der Waals surface area contributed by atoms with Gasteiger partial charge in [-0.15, -0.1) is 0 Å². The minimum Gasteiger partial charge on any atom is -0.452 e. The fourth-order valence-electron chi connectivity index (χ4n) is 2.35. The Bertz CT molecular complexity index is 752. The van der Waals surface area contributed by atoms with Gasteiger partial charge in [-0.2, -0.15) is 0 Å². The topological polar surface area (TPSA) is 89.5 Å². The number of benzene rings is 1. The van der Waals surface area contributed by atoms with Gasteiger partial charge in [0.2, 0.25) is 0 Å². The van der Waals surface area contributed by atoms with Crippen LogP contribution in [0.4, 0.5) is 4.39 Å². The van der Waals surface area contributed by atoms with Crippen molar-refractivity contribution in [1.82, 2.24) is 5.32 Å². The van der Waals surface area contributed by atoms with Crippen molar-refractivity contribution in [3.63, 3.8) is 0 Å². The molecular formula is C14H15ClFNO5S. The highest BCUT2D eigenvalue weighted by Gasteiger charge is 2.39. The van der Waals surface area contributed by atoms with Crippen LogP contribution in [0.3, 0.4) is 0 Å². The number of hydrogen-bond donors (Lipinski definition) is 1. The SMILES string of the molecule is C[C@@]1(NC(=O)COC(=O)c2ccc(F)cc2Cl)CCS(=O)(=O)C1. The molecule has 0 unspecified atom stereocenters. The summed E-state index contributed by atoms with van der Waals surface area (Å²) >= 11 is 5.72. The van der Waals surface area contributed by atoms with Gasteiger partial charge in [-0.1, -0.05) is 11.6 Å². The Kier molecular flexibility index (Phi) is 4.95. The second kappa shape index (κ2) is 6.45. The number of ether oxygens (including phenoxy) is 1. The molecule has 2 rings (SSSR count). The number of sulfone groups is 1. The lowest BCUT2D eigenvalue weighted by Crippen LogP contribution is -2.48. The van der Waals surface area contributed by atoms with Crippen molar-refractivity contribution >= 4 is 33.3 Å². The van der Waals surface area contributed by atoms with Gasteiger partial charge in [-0.25, -0.2) is 17.6 Å². The minimum absolute atomic E-state index is 0.00869. The Balaban J connectivity index is 1.90. The van der Waals surface area contributed by atoms with Gasteiger partial charge in [0.05, 0.1) is 27.6 Å². The predicted octanol–water partition coefficient (Wildman–Crippen LogP) is 1.33. The Hall–Kier alpha value is -1.67. The lowest BCUT2D eigenvalue weighted by atomic mass is 10.0. The number of rotatable bonds is 4. The quantitative estimate of drug-likeness (QED) is 0.815. The average Bonchev–Trinajstić information content (AvgIpc) is 2.69. The summed E-state index contributed by atoms with van der Waals surface area (Å²) in [6.07, 6.45) is 0.304. The van der Waals surface area contributed by atoms with E-state index in [-0.39, 0.29) is 22.1 Å². The van der Waals surface area contributed by atoms with Crippen LogP contribution in [0, 0.1) is 5.82 Å². The van der Waals surface area contributed by atoms with Gasteiger partial charge in [-0.3, -0.25) is 4.79 Å². The first kappa shape index (κ1) is 17.7. The zero-order valence-electron chi connectivity index (χ0n) is 12.3. The van der Waals surface area contributed by atoms with Gasteiger partial charge < -0.3 is 10.1 Å².